The highest BCUT2D eigenvalue weighted by Gasteiger charge is 2.24. The van der Waals surface area contributed by atoms with E-state index in [-0.39, 0.29) is 24.2 Å². The predicted molar refractivity (Wildman–Crippen MR) is 107 cm³/mol. The zero-order chi connectivity index (χ0) is 19.1. The molecular formula is C20H25ClFN3O2. The normalized spacial score (nSPS) is 11.4. The molecule has 0 aliphatic carbocycles. The summed E-state index contributed by atoms with van der Waals surface area (Å²) in [6.07, 6.45) is 0.669. The maximum Gasteiger partial charge on any atom is 0.251 e. The van der Waals surface area contributed by atoms with Gasteiger partial charge in [0.2, 0.25) is 5.91 Å². The summed E-state index contributed by atoms with van der Waals surface area (Å²) < 4.78 is 13.0. The van der Waals surface area contributed by atoms with Crippen LogP contribution in [0.3, 0.4) is 0 Å². The molecule has 0 heterocycles. The van der Waals surface area contributed by atoms with Gasteiger partial charge in [-0.15, -0.1) is 12.4 Å². The van der Waals surface area contributed by atoms with Crippen molar-refractivity contribution in [3.05, 3.63) is 65.5 Å². The van der Waals surface area contributed by atoms with E-state index < -0.39 is 17.8 Å². The fourth-order valence-electron chi connectivity index (χ4n) is 2.49. The fraction of sp³-hybridized carbons (Fsp3) is 0.300. The molecule has 27 heavy (non-hydrogen) atoms. The van der Waals surface area contributed by atoms with Crippen LogP contribution in [-0.4, -0.2) is 24.4 Å². The van der Waals surface area contributed by atoms with Crippen LogP contribution in [0.1, 0.15) is 29.8 Å². The second-order valence-corrected chi connectivity index (χ2v) is 6.48. The molecule has 0 fully saturated rings. The van der Waals surface area contributed by atoms with Crippen molar-refractivity contribution in [3.63, 3.8) is 0 Å². The van der Waals surface area contributed by atoms with Gasteiger partial charge in [-0.1, -0.05) is 26.0 Å². The summed E-state index contributed by atoms with van der Waals surface area (Å²) in [7, 11) is 0. The van der Waals surface area contributed by atoms with Crippen molar-refractivity contribution in [1.82, 2.24) is 10.6 Å². The summed E-state index contributed by atoms with van der Waals surface area (Å²) in [5, 5.41) is 5.57. The Balaban J connectivity index is 0.00000364. The van der Waals surface area contributed by atoms with Gasteiger partial charge in [-0.05, 0) is 54.3 Å². The van der Waals surface area contributed by atoms with Crippen LogP contribution in [0.25, 0.3) is 0 Å². The summed E-state index contributed by atoms with van der Waals surface area (Å²) in [4.78, 5) is 24.7. The number of hydrogen-bond donors (Lipinski definition) is 3. The van der Waals surface area contributed by atoms with Crippen molar-refractivity contribution in [1.29, 1.82) is 0 Å². The van der Waals surface area contributed by atoms with E-state index in [0.29, 0.717) is 24.2 Å². The van der Waals surface area contributed by atoms with Crippen LogP contribution in [0.4, 0.5) is 10.1 Å². The van der Waals surface area contributed by atoms with Crippen LogP contribution in [0, 0.1) is 11.7 Å². The van der Waals surface area contributed by atoms with Gasteiger partial charge in [0.1, 0.15) is 11.9 Å². The molecule has 0 aliphatic rings. The maximum atomic E-state index is 13.0. The Morgan fingerprint density at radius 3 is 2.19 bits per heavy atom. The number of anilines is 1. The molecule has 0 radical (unpaired) electrons. The molecular weight excluding hydrogens is 369 g/mol. The Hall–Kier alpha value is -2.60. The molecule has 0 bridgehead atoms. The van der Waals surface area contributed by atoms with E-state index in [2.05, 4.69) is 10.6 Å². The lowest BCUT2D eigenvalue weighted by atomic mass is 10.0. The number of amides is 2. The third-order valence-corrected chi connectivity index (χ3v) is 4.03. The lowest BCUT2D eigenvalue weighted by molar-refractivity contribution is -0.123. The lowest BCUT2D eigenvalue weighted by Crippen LogP contribution is -2.50. The van der Waals surface area contributed by atoms with E-state index in [1.165, 1.54) is 24.3 Å². The Morgan fingerprint density at radius 1 is 1.04 bits per heavy atom. The van der Waals surface area contributed by atoms with E-state index in [9.17, 15) is 14.0 Å². The van der Waals surface area contributed by atoms with Crippen molar-refractivity contribution in [2.75, 3.05) is 12.3 Å². The minimum atomic E-state index is -0.668. The van der Waals surface area contributed by atoms with Crippen LogP contribution in [0.15, 0.2) is 48.5 Å². The van der Waals surface area contributed by atoms with Crippen molar-refractivity contribution in [2.24, 2.45) is 5.92 Å². The second-order valence-electron chi connectivity index (χ2n) is 6.48. The zero-order valence-electron chi connectivity index (χ0n) is 15.4. The first-order valence-electron chi connectivity index (χ1n) is 8.55. The average Bonchev–Trinajstić information content (AvgIpc) is 2.61. The van der Waals surface area contributed by atoms with Crippen LogP contribution < -0.4 is 16.4 Å². The number of carbonyl (C=O) groups is 2. The number of benzene rings is 2. The van der Waals surface area contributed by atoms with Gasteiger partial charge in [-0.3, -0.25) is 9.59 Å². The molecule has 2 aromatic rings. The lowest BCUT2D eigenvalue weighted by Gasteiger charge is -2.21. The van der Waals surface area contributed by atoms with Crippen molar-refractivity contribution in [3.8, 4) is 0 Å². The number of rotatable bonds is 7. The van der Waals surface area contributed by atoms with Gasteiger partial charge < -0.3 is 16.4 Å². The number of nitrogens with two attached hydrogens (primary N) is 1. The second kappa shape index (κ2) is 10.5. The Morgan fingerprint density at radius 2 is 1.63 bits per heavy atom. The molecule has 4 N–H and O–H groups in total. The Kier molecular flexibility index (Phi) is 8.75. The average molecular weight is 394 g/mol. The van der Waals surface area contributed by atoms with E-state index in [1.54, 1.807) is 0 Å². The Bertz CT molecular complexity index is 749. The number of hydrogen-bond acceptors (Lipinski definition) is 3. The first kappa shape index (κ1) is 22.4. The van der Waals surface area contributed by atoms with Gasteiger partial charge in [-0.2, -0.15) is 0 Å². The molecule has 0 saturated heterocycles. The molecule has 2 amide bonds. The smallest absolute Gasteiger partial charge is 0.251 e. The monoisotopic (exact) mass is 393 g/mol. The first-order valence-corrected chi connectivity index (χ1v) is 8.55. The van der Waals surface area contributed by atoms with Gasteiger partial charge in [0.15, 0.2) is 0 Å². The predicted octanol–water partition coefficient (Wildman–Crippen LogP) is 2.94. The number of carbonyl (C=O) groups excluding carboxylic acids is 2. The first-order chi connectivity index (χ1) is 12.4. The maximum absolute atomic E-state index is 13.0. The molecule has 1 atom stereocenters. The van der Waals surface area contributed by atoms with Crippen LogP contribution in [0.2, 0.25) is 0 Å². The highest BCUT2D eigenvalue weighted by Crippen LogP contribution is 2.08. The highest BCUT2D eigenvalue weighted by molar-refractivity contribution is 5.97. The summed E-state index contributed by atoms with van der Waals surface area (Å²) >= 11 is 0. The van der Waals surface area contributed by atoms with Gasteiger partial charge in [0, 0.05) is 17.8 Å². The summed E-state index contributed by atoms with van der Waals surface area (Å²) in [5.41, 5.74) is 7.72. The fourth-order valence-corrected chi connectivity index (χ4v) is 2.49. The molecule has 2 rings (SSSR count). The zero-order valence-corrected chi connectivity index (χ0v) is 16.2. The minimum Gasteiger partial charge on any atom is -0.399 e. The molecule has 0 saturated carbocycles. The van der Waals surface area contributed by atoms with Gasteiger partial charge in [-0.25, -0.2) is 4.39 Å². The van der Waals surface area contributed by atoms with E-state index in [1.807, 2.05) is 38.1 Å². The van der Waals surface area contributed by atoms with Gasteiger partial charge >= 0.3 is 0 Å². The Labute approximate surface area is 164 Å². The molecule has 0 spiro atoms. The summed E-state index contributed by atoms with van der Waals surface area (Å²) in [6.45, 7) is 4.17. The number of nitrogens with one attached hydrogen (secondary N) is 2. The minimum absolute atomic E-state index is 0. The quantitative estimate of drug-likeness (QED) is 0.632. The molecule has 5 nitrogen and oxygen atoms in total. The third kappa shape index (κ3) is 6.90. The molecule has 1 unspecified atom stereocenters. The van der Waals surface area contributed by atoms with Crippen molar-refractivity contribution < 1.29 is 14.0 Å². The van der Waals surface area contributed by atoms with Crippen LogP contribution >= 0.6 is 12.4 Å². The van der Waals surface area contributed by atoms with E-state index in [0.717, 1.165) is 5.56 Å². The number of nitrogen functional groups attached to an aromatic ring is 1. The van der Waals surface area contributed by atoms with E-state index >= 15 is 0 Å². The standard InChI is InChI=1S/C20H24FN3O2.ClH/c1-13(2)18(24-19(25)15-5-7-16(21)8-6-15)20(26)23-12-11-14-3-9-17(22)10-4-14;/h3-10,13,18H,11-12,22H2,1-2H3,(H,23,26)(H,24,25);1H. The van der Waals surface area contributed by atoms with Gasteiger partial charge in [0.05, 0.1) is 0 Å². The van der Waals surface area contributed by atoms with Crippen LogP contribution in [0.5, 0.6) is 0 Å². The highest BCUT2D eigenvalue weighted by atomic mass is 35.5. The summed E-state index contributed by atoms with van der Waals surface area (Å²) in [6, 6.07) is 12.0. The van der Waals surface area contributed by atoms with Crippen molar-refractivity contribution >= 4 is 29.9 Å². The molecule has 146 valence electrons. The molecule has 2 aromatic carbocycles. The van der Waals surface area contributed by atoms with Crippen molar-refractivity contribution in [2.45, 2.75) is 26.3 Å². The van der Waals surface area contributed by atoms with Gasteiger partial charge in [0.25, 0.3) is 5.91 Å². The van der Waals surface area contributed by atoms with Crippen LogP contribution in [-0.2, 0) is 11.2 Å². The number of halogens is 2. The SMILES string of the molecule is CC(C)C(NC(=O)c1ccc(F)cc1)C(=O)NCCc1ccc(N)cc1.Cl. The molecule has 0 aromatic heterocycles. The largest absolute Gasteiger partial charge is 0.399 e. The van der Waals surface area contributed by atoms with E-state index in [4.69, 9.17) is 5.73 Å². The molecule has 7 heteroatoms. The molecule has 0 aliphatic heterocycles. The summed E-state index contributed by atoms with van der Waals surface area (Å²) in [5.74, 6) is -1.15. The topological polar surface area (TPSA) is 84.2 Å². The third-order valence-electron chi connectivity index (χ3n) is 4.03.